The van der Waals surface area contributed by atoms with Crippen LogP contribution in [0.2, 0.25) is 0 Å². The lowest BCUT2D eigenvalue weighted by Gasteiger charge is -2.26. The van der Waals surface area contributed by atoms with Gasteiger partial charge < -0.3 is 15.4 Å². The second-order valence-corrected chi connectivity index (χ2v) is 8.53. The quantitative estimate of drug-likeness (QED) is 0.738. The summed E-state index contributed by atoms with van der Waals surface area (Å²) >= 11 is 0. The number of carbonyl (C=O) groups excluding carboxylic acids is 1. The zero-order valence-electron chi connectivity index (χ0n) is 15.8. The molecule has 0 saturated carbocycles. The van der Waals surface area contributed by atoms with E-state index in [1.807, 2.05) is 37.3 Å². The minimum Gasteiger partial charge on any atom is -0.379 e. The molecule has 0 bridgehead atoms. The largest absolute Gasteiger partial charge is 0.379 e. The Morgan fingerprint density at radius 3 is 2.36 bits per heavy atom. The number of morpholine rings is 1. The van der Waals surface area contributed by atoms with E-state index >= 15 is 0 Å². The summed E-state index contributed by atoms with van der Waals surface area (Å²) in [4.78, 5) is 12.4. The van der Waals surface area contributed by atoms with Gasteiger partial charge in [0.05, 0.1) is 30.7 Å². The Bertz CT molecular complexity index is 879. The lowest BCUT2D eigenvalue weighted by Crippen LogP contribution is -2.40. The van der Waals surface area contributed by atoms with Crippen molar-refractivity contribution in [3.8, 4) is 0 Å². The second-order valence-electron chi connectivity index (χ2n) is 6.59. The molecule has 8 heteroatoms. The third-order valence-corrected chi connectivity index (χ3v) is 6.51. The van der Waals surface area contributed by atoms with Crippen molar-refractivity contribution in [1.82, 2.24) is 9.62 Å². The Morgan fingerprint density at radius 1 is 1.07 bits per heavy atom. The molecule has 150 valence electrons. The van der Waals surface area contributed by atoms with Gasteiger partial charge in [-0.05, 0) is 36.8 Å². The Kier molecular flexibility index (Phi) is 6.66. The van der Waals surface area contributed by atoms with Crippen molar-refractivity contribution in [3.05, 3.63) is 60.2 Å². The van der Waals surface area contributed by atoms with Crippen molar-refractivity contribution >= 4 is 21.6 Å². The molecule has 1 fully saturated rings. The van der Waals surface area contributed by atoms with Crippen LogP contribution in [0.1, 0.15) is 18.5 Å². The Balaban J connectivity index is 1.53. The fourth-order valence-electron chi connectivity index (χ4n) is 2.98. The summed E-state index contributed by atoms with van der Waals surface area (Å²) in [5.74, 6) is -0.138. The first-order chi connectivity index (χ1) is 13.5. The van der Waals surface area contributed by atoms with E-state index in [0.29, 0.717) is 32.0 Å². The van der Waals surface area contributed by atoms with Gasteiger partial charge in [0, 0.05) is 18.8 Å². The number of benzene rings is 2. The maximum Gasteiger partial charge on any atom is 0.243 e. The van der Waals surface area contributed by atoms with Crippen LogP contribution < -0.4 is 10.6 Å². The van der Waals surface area contributed by atoms with Crippen LogP contribution in [-0.2, 0) is 19.6 Å². The molecule has 1 aliphatic heterocycles. The molecule has 0 aromatic heterocycles. The summed E-state index contributed by atoms with van der Waals surface area (Å²) in [6, 6.07) is 16.1. The van der Waals surface area contributed by atoms with Crippen LogP contribution >= 0.6 is 0 Å². The summed E-state index contributed by atoms with van der Waals surface area (Å²) < 4.78 is 31.8. The number of ether oxygens (including phenoxy) is 1. The summed E-state index contributed by atoms with van der Waals surface area (Å²) in [7, 11) is -3.51. The van der Waals surface area contributed by atoms with E-state index in [-0.39, 0.29) is 23.4 Å². The Labute approximate surface area is 165 Å². The first kappa shape index (κ1) is 20.3. The molecule has 2 aromatic rings. The molecule has 1 amide bonds. The van der Waals surface area contributed by atoms with Gasteiger partial charge in [0.15, 0.2) is 0 Å². The minimum atomic E-state index is -3.51. The highest BCUT2D eigenvalue weighted by Crippen LogP contribution is 2.19. The summed E-state index contributed by atoms with van der Waals surface area (Å²) in [5.41, 5.74) is 1.72. The molecule has 0 aliphatic carbocycles. The predicted molar refractivity (Wildman–Crippen MR) is 108 cm³/mol. The lowest BCUT2D eigenvalue weighted by atomic mass is 10.1. The number of hydrogen-bond donors (Lipinski definition) is 2. The number of carbonyl (C=O) groups is 1. The fraction of sp³-hybridized carbons (Fsp3) is 0.350. The van der Waals surface area contributed by atoms with Crippen LogP contribution in [0, 0.1) is 0 Å². The Hall–Kier alpha value is -2.42. The van der Waals surface area contributed by atoms with Gasteiger partial charge in [-0.2, -0.15) is 4.31 Å². The Morgan fingerprint density at radius 2 is 1.71 bits per heavy atom. The van der Waals surface area contributed by atoms with E-state index in [1.54, 1.807) is 24.3 Å². The van der Waals surface area contributed by atoms with E-state index in [2.05, 4.69) is 10.6 Å². The predicted octanol–water partition coefficient (Wildman–Crippen LogP) is 2.00. The maximum atomic E-state index is 12.6. The van der Waals surface area contributed by atoms with E-state index in [4.69, 9.17) is 4.74 Å². The van der Waals surface area contributed by atoms with Gasteiger partial charge in [-0.3, -0.25) is 4.79 Å². The molecule has 2 N–H and O–H groups in total. The van der Waals surface area contributed by atoms with Gasteiger partial charge in [-0.1, -0.05) is 30.3 Å². The molecule has 1 atom stereocenters. The molecular formula is C20H25N3O4S. The molecule has 1 saturated heterocycles. The van der Waals surface area contributed by atoms with E-state index in [1.165, 1.54) is 4.31 Å². The van der Waals surface area contributed by atoms with Gasteiger partial charge in [-0.25, -0.2) is 8.42 Å². The molecule has 0 radical (unpaired) electrons. The van der Waals surface area contributed by atoms with Gasteiger partial charge in [-0.15, -0.1) is 0 Å². The van der Waals surface area contributed by atoms with Gasteiger partial charge in [0.2, 0.25) is 15.9 Å². The van der Waals surface area contributed by atoms with Gasteiger partial charge in [0.1, 0.15) is 0 Å². The number of rotatable bonds is 7. The van der Waals surface area contributed by atoms with Crippen molar-refractivity contribution in [1.29, 1.82) is 0 Å². The van der Waals surface area contributed by atoms with Crippen molar-refractivity contribution in [2.75, 3.05) is 38.2 Å². The highest BCUT2D eigenvalue weighted by molar-refractivity contribution is 7.89. The molecule has 7 nitrogen and oxygen atoms in total. The normalized spacial score (nSPS) is 16.3. The van der Waals surface area contributed by atoms with Crippen LogP contribution in [0.5, 0.6) is 0 Å². The SMILES string of the molecule is C[C@H](NC(=O)CNc1ccc(S(=O)(=O)N2CCOCC2)cc1)c1ccccc1. The smallest absolute Gasteiger partial charge is 0.243 e. The van der Waals surface area contributed by atoms with Crippen molar-refractivity contribution in [2.45, 2.75) is 17.9 Å². The van der Waals surface area contributed by atoms with Crippen molar-refractivity contribution in [2.24, 2.45) is 0 Å². The summed E-state index contributed by atoms with van der Waals surface area (Å²) in [6.07, 6.45) is 0. The van der Waals surface area contributed by atoms with Crippen LogP contribution in [0.3, 0.4) is 0 Å². The van der Waals surface area contributed by atoms with Crippen molar-refractivity contribution < 1.29 is 17.9 Å². The maximum absolute atomic E-state index is 12.6. The number of amides is 1. The first-order valence-electron chi connectivity index (χ1n) is 9.23. The topological polar surface area (TPSA) is 87.7 Å². The van der Waals surface area contributed by atoms with Crippen LogP contribution in [0.15, 0.2) is 59.5 Å². The number of nitrogens with one attached hydrogen (secondary N) is 2. The molecule has 1 aliphatic rings. The lowest BCUT2D eigenvalue weighted by molar-refractivity contribution is -0.120. The van der Waals surface area contributed by atoms with E-state index < -0.39 is 10.0 Å². The van der Waals surface area contributed by atoms with E-state index in [9.17, 15) is 13.2 Å². The van der Waals surface area contributed by atoms with E-state index in [0.717, 1.165) is 5.56 Å². The molecule has 28 heavy (non-hydrogen) atoms. The number of sulfonamides is 1. The summed E-state index contributed by atoms with van der Waals surface area (Å²) in [6.45, 7) is 3.58. The first-order valence-corrected chi connectivity index (χ1v) is 10.7. The molecular weight excluding hydrogens is 378 g/mol. The third kappa shape index (κ3) is 5.09. The molecule has 3 rings (SSSR count). The molecule has 0 unspecified atom stereocenters. The number of nitrogens with zero attached hydrogens (tertiary/aromatic N) is 1. The second kappa shape index (κ2) is 9.18. The molecule has 1 heterocycles. The standard InChI is InChI=1S/C20H25N3O4S/c1-16(17-5-3-2-4-6-17)22-20(24)15-21-18-7-9-19(10-8-18)28(25,26)23-11-13-27-14-12-23/h2-10,16,21H,11-15H2,1H3,(H,22,24)/t16-/m0/s1. The number of hydrogen-bond acceptors (Lipinski definition) is 5. The highest BCUT2D eigenvalue weighted by Gasteiger charge is 2.26. The zero-order chi connectivity index (χ0) is 20.0. The fourth-order valence-corrected chi connectivity index (χ4v) is 4.39. The minimum absolute atomic E-state index is 0.0865. The monoisotopic (exact) mass is 403 g/mol. The average Bonchev–Trinajstić information content (AvgIpc) is 2.74. The zero-order valence-corrected chi connectivity index (χ0v) is 16.6. The van der Waals surface area contributed by atoms with Gasteiger partial charge in [0.25, 0.3) is 0 Å². The third-order valence-electron chi connectivity index (χ3n) is 4.59. The van der Waals surface area contributed by atoms with Crippen molar-refractivity contribution in [3.63, 3.8) is 0 Å². The number of anilines is 1. The van der Waals surface area contributed by atoms with Gasteiger partial charge >= 0.3 is 0 Å². The molecule has 0 spiro atoms. The van der Waals surface area contributed by atoms with Crippen LogP contribution in [0.4, 0.5) is 5.69 Å². The van der Waals surface area contributed by atoms with Crippen LogP contribution in [-0.4, -0.2) is 51.5 Å². The highest BCUT2D eigenvalue weighted by atomic mass is 32.2. The average molecular weight is 404 g/mol. The summed E-state index contributed by atoms with van der Waals surface area (Å²) in [5, 5.41) is 5.95. The van der Waals surface area contributed by atoms with Crippen LogP contribution in [0.25, 0.3) is 0 Å². The molecule has 2 aromatic carbocycles.